The van der Waals surface area contributed by atoms with Gasteiger partial charge in [-0.25, -0.2) is 14.2 Å². The van der Waals surface area contributed by atoms with Crippen LogP contribution in [-0.4, -0.2) is 40.4 Å². The summed E-state index contributed by atoms with van der Waals surface area (Å²) in [6, 6.07) is 0.911. The van der Waals surface area contributed by atoms with Crippen LogP contribution in [-0.2, 0) is 0 Å². The first-order valence-electron chi connectivity index (χ1n) is 5.03. The zero-order valence-corrected chi connectivity index (χ0v) is 9.94. The number of nitrogens with zero attached hydrogens (tertiary/aromatic N) is 2. The van der Waals surface area contributed by atoms with E-state index in [2.05, 4.69) is 4.98 Å². The molecule has 0 spiro atoms. The van der Waals surface area contributed by atoms with Gasteiger partial charge in [-0.15, -0.1) is 0 Å². The van der Waals surface area contributed by atoms with Crippen LogP contribution in [0.1, 0.15) is 24.2 Å². The SMILES string of the molecule is CN(c1ncc(F)cc1C(=O)O)C(C)(C)CO. The lowest BCUT2D eigenvalue weighted by Crippen LogP contribution is -2.45. The number of rotatable bonds is 4. The van der Waals surface area contributed by atoms with E-state index in [4.69, 9.17) is 5.11 Å². The van der Waals surface area contributed by atoms with Crippen molar-refractivity contribution in [1.82, 2.24) is 4.98 Å². The maximum absolute atomic E-state index is 13.0. The third kappa shape index (κ3) is 2.71. The number of hydrogen-bond donors (Lipinski definition) is 2. The fourth-order valence-electron chi connectivity index (χ4n) is 1.25. The lowest BCUT2D eigenvalue weighted by atomic mass is 10.0. The second kappa shape index (κ2) is 4.67. The number of hydrogen-bond acceptors (Lipinski definition) is 4. The Morgan fingerprint density at radius 2 is 2.18 bits per heavy atom. The van der Waals surface area contributed by atoms with E-state index < -0.39 is 17.3 Å². The Hall–Kier alpha value is -1.69. The Balaban J connectivity index is 3.26. The van der Waals surface area contributed by atoms with Crippen molar-refractivity contribution in [3.63, 3.8) is 0 Å². The fourth-order valence-corrected chi connectivity index (χ4v) is 1.25. The number of likely N-dealkylation sites (N-methyl/N-ethyl adjacent to an activating group) is 1. The predicted molar refractivity (Wildman–Crippen MR) is 60.7 cm³/mol. The van der Waals surface area contributed by atoms with Gasteiger partial charge in [-0.2, -0.15) is 0 Å². The third-order valence-electron chi connectivity index (χ3n) is 2.68. The minimum Gasteiger partial charge on any atom is -0.478 e. The smallest absolute Gasteiger partial charge is 0.339 e. The number of anilines is 1. The second-order valence-electron chi connectivity index (χ2n) is 4.36. The Bertz CT molecular complexity index is 435. The highest BCUT2D eigenvalue weighted by atomic mass is 19.1. The fraction of sp³-hybridized carbons (Fsp3) is 0.455. The van der Waals surface area contributed by atoms with Gasteiger partial charge in [-0.05, 0) is 19.9 Å². The van der Waals surface area contributed by atoms with Crippen LogP contribution >= 0.6 is 0 Å². The van der Waals surface area contributed by atoms with Crippen molar-refractivity contribution >= 4 is 11.8 Å². The van der Waals surface area contributed by atoms with Crippen LogP contribution in [0.15, 0.2) is 12.3 Å². The lowest BCUT2D eigenvalue weighted by molar-refractivity contribution is 0.0696. The maximum atomic E-state index is 13.0. The molecule has 0 radical (unpaired) electrons. The number of aromatic carboxylic acids is 1. The van der Waals surface area contributed by atoms with Crippen molar-refractivity contribution in [3.05, 3.63) is 23.6 Å². The quantitative estimate of drug-likeness (QED) is 0.827. The lowest BCUT2D eigenvalue weighted by Gasteiger charge is -2.35. The molecule has 5 nitrogen and oxygen atoms in total. The monoisotopic (exact) mass is 242 g/mol. The van der Waals surface area contributed by atoms with Crippen molar-refractivity contribution in [3.8, 4) is 0 Å². The third-order valence-corrected chi connectivity index (χ3v) is 2.68. The first-order valence-corrected chi connectivity index (χ1v) is 5.03. The van der Waals surface area contributed by atoms with Gasteiger partial charge in [0.1, 0.15) is 17.2 Å². The standard InChI is InChI=1S/C11H15FN2O3/c1-11(2,6-15)14(3)9-8(10(16)17)4-7(12)5-13-9/h4-5,15H,6H2,1-3H3,(H,16,17). The van der Waals surface area contributed by atoms with Crippen molar-refractivity contribution < 1.29 is 19.4 Å². The first-order chi connectivity index (χ1) is 7.79. The van der Waals surface area contributed by atoms with E-state index in [0.29, 0.717) is 0 Å². The number of aliphatic hydroxyl groups excluding tert-OH is 1. The van der Waals surface area contributed by atoms with Crippen LogP contribution in [0.5, 0.6) is 0 Å². The van der Waals surface area contributed by atoms with Crippen molar-refractivity contribution in [2.24, 2.45) is 0 Å². The number of halogens is 1. The molecule has 0 saturated heterocycles. The molecule has 0 aliphatic rings. The zero-order valence-electron chi connectivity index (χ0n) is 9.94. The van der Waals surface area contributed by atoms with E-state index in [1.165, 1.54) is 4.90 Å². The number of aliphatic hydroxyl groups is 1. The molecule has 0 aromatic carbocycles. The molecule has 0 saturated carbocycles. The summed E-state index contributed by atoms with van der Waals surface area (Å²) < 4.78 is 13.0. The van der Waals surface area contributed by atoms with Crippen LogP contribution in [0.2, 0.25) is 0 Å². The predicted octanol–water partition coefficient (Wildman–Crippen LogP) is 1.13. The Labute approximate surface area is 98.5 Å². The summed E-state index contributed by atoms with van der Waals surface area (Å²) in [4.78, 5) is 16.3. The molecule has 1 heterocycles. The molecule has 17 heavy (non-hydrogen) atoms. The summed E-state index contributed by atoms with van der Waals surface area (Å²) in [5.74, 6) is -1.84. The number of carbonyl (C=O) groups is 1. The van der Waals surface area contributed by atoms with E-state index in [9.17, 15) is 14.3 Å². The van der Waals surface area contributed by atoms with Crippen LogP contribution < -0.4 is 4.90 Å². The van der Waals surface area contributed by atoms with E-state index in [1.807, 2.05) is 0 Å². The molecule has 0 fully saturated rings. The molecule has 94 valence electrons. The number of carboxylic acid groups (broad SMARTS) is 1. The Kier molecular flexibility index (Phi) is 3.67. The van der Waals surface area contributed by atoms with Gasteiger partial charge in [0.05, 0.1) is 18.3 Å². The van der Waals surface area contributed by atoms with Gasteiger partial charge in [-0.3, -0.25) is 0 Å². The summed E-state index contributed by atoms with van der Waals surface area (Å²) in [7, 11) is 1.60. The Morgan fingerprint density at radius 1 is 1.59 bits per heavy atom. The highest BCUT2D eigenvalue weighted by Crippen LogP contribution is 2.24. The molecule has 2 N–H and O–H groups in total. The van der Waals surface area contributed by atoms with Gasteiger partial charge in [-0.1, -0.05) is 0 Å². The van der Waals surface area contributed by atoms with Gasteiger partial charge in [0.25, 0.3) is 0 Å². The molecular formula is C11H15FN2O3. The normalized spacial score (nSPS) is 11.4. The molecule has 0 aliphatic carbocycles. The number of carboxylic acids is 1. The maximum Gasteiger partial charge on any atom is 0.339 e. The molecule has 0 atom stereocenters. The van der Waals surface area contributed by atoms with E-state index in [-0.39, 0.29) is 18.0 Å². The minimum atomic E-state index is -1.26. The average Bonchev–Trinajstić information content (AvgIpc) is 2.28. The number of aromatic nitrogens is 1. The van der Waals surface area contributed by atoms with E-state index >= 15 is 0 Å². The summed E-state index contributed by atoms with van der Waals surface area (Å²) >= 11 is 0. The molecule has 0 unspecified atom stereocenters. The second-order valence-corrected chi connectivity index (χ2v) is 4.36. The molecule has 1 aromatic heterocycles. The summed E-state index contributed by atoms with van der Waals surface area (Å²) in [6.07, 6.45) is 0.950. The molecule has 6 heteroatoms. The van der Waals surface area contributed by atoms with E-state index in [1.54, 1.807) is 20.9 Å². The highest BCUT2D eigenvalue weighted by Gasteiger charge is 2.27. The van der Waals surface area contributed by atoms with Crippen LogP contribution in [0.3, 0.4) is 0 Å². The average molecular weight is 242 g/mol. The summed E-state index contributed by atoms with van der Waals surface area (Å²) in [5.41, 5.74) is -0.913. The molecule has 0 amide bonds. The summed E-state index contributed by atoms with van der Waals surface area (Å²) in [6.45, 7) is 3.27. The largest absolute Gasteiger partial charge is 0.478 e. The van der Waals surface area contributed by atoms with Crippen LogP contribution in [0.4, 0.5) is 10.2 Å². The zero-order chi connectivity index (χ0) is 13.2. The molecule has 1 rings (SSSR count). The first kappa shape index (κ1) is 13.4. The molecular weight excluding hydrogens is 227 g/mol. The van der Waals surface area contributed by atoms with Crippen molar-refractivity contribution in [1.29, 1.82) is 0 Å². The molecule has 1 aromatic rings. The van der Waals surface area contributed by atoms with Crippen molar-refractivity contribution in [2.75, 3.05) is 18.6 Å². The molecule has 0 aliphatic heterocycles. The van der Waals surface area contributed by atoms with Gasteiger partial charge < -0.3 is 15.1 Å². The van der Waals surface area contributed by atoms with Gasteiger partial charge in [0.15, 0.2) is 0 Å². The topological polar surface area (TPSA) is 73.7 Å². The van der Waals surface area contributed by atoms with Gasteiger partial charge in [0, 0.05) is 7.05 Å². The number of pyridine rings is 1. The van der Waals surface area contributed by atoms with Gasteiger partial charge in [0.2, 0.25) is 0 Å². The summed E-state index contributed by atoms with van der Waals surface area (Å²) in [5, 5.41) is 18.2. The highest BCUT2D eigenvalue weighted by molar-refractivity contribution is 5.93. The van der Waals surface area contributed by atoms with Crippen LogP contribution in [0.25, 0.3) is 0 Å². The van der Waals surface area contributed by atoms with E-state index in [0.717, 1.165) is 12.3 Å². The molecule has 0 bridgehead atoms. The van der Waals surface area contributed by atoms with Crippen molar-refractivity contribution in [2.45, 2.75) is 19.4 Å². The minimum absolute atomic E-state index is 0.123. The Morgan fingerprint density at radius 3 is 2.65 bits per heavy atom. The van der Waals surface area contributed by atoms with Crippen LogP contribution in [0, 0.1) is 5.82 Å². The van der Waals surface area contributed by atoms with Gasteiger partial charge >= 0.3 is 5.97 Å².